The second-order valence-electron chi connectivity index (χ2n) is 4.20. The van der Waals surface area contributed by atoms with Gasteiger partial charge in [-0.05, 0) is 27.3 Å². The SMILES string of the molecule is CCC(C)N(C)CCNc1nccn1CC. The predicted octanol–water partition coefficient (Wildman–Crippen LogP) is 2.05. The van der Waals surface area contributed by atoms with Crippen LogP contribution in [0.5, 0.6) is 0 Å². The molecule has 0 fully saturated rings. The molecule has 16 heavy (non-hydrogen) atoms. The molecule has 1 atom stereocenters. The van der Waals surface area contributed by atoms with Crippen molar-refractivity contribution in [1.29, 1.82) is 0 Å². The number of hydrogen-bond acceptors (Lipinski definition) is 3. The van der Waals surface area contributed by atoms with E-state index in [2.05, 4.69) is 47.6 Å². The molecule has 0 aromatic carbocycles. The second kappa shape index (κ2) is 6.53. The van der Waals surface area contributed by atoms with Crippen molar-refractivity contribution in [1.82, 2.24) is 14.5 Å². The summed E-state index contributed by atoms with van der Waals surface area (Å²) in [5.41, 5.74) is 0. The number of aryl methyl sites for hydroxylation is 1. The van der Waals surface area contributed by atoms with Crippen molar-refractivity contribution in [3.05, 3.63) is 12.4 Å². The van der Waals surface area contributed by atoms with E-state index in [-0.39, 0.29) is 0 Å². The van der Waals surface area contributed by atoms with Crippen LogP contribution in [0.2, 0.25) is 0 Å². The maximum Gasteiger partial charge on any atom is 0.202 e. The Morgan fingerprint density at radius 2 is 2.25 bits per heavy atom. The first-order valence-electron chi connectivity index (χ1n) is 6.14. The first kappa shape index (κ1) is 13.0. The van der Waals surface area contributed by atoms with Gasteiger partial charge in [0.05, 0.1) is 0 Å². The molecule has 0 radical (unpaired) electrons. The molecule has 0 aliphatic heterocycles. The van der Waals surface area contributed by atoms with Gasteiger partial charge in [0.25, 0.3) is 0 Å². The van der Waals surface area contributed by atoms with E-state index >= 15 is 0 Å². The number of nitrogens with one attached hydrogen (secondary N) is 1. The van der Waals surface area contributed by atoms with Gasteiger partial charge in [-0.1, -0.05) is 6.92 Å². The molecule has 0 amide bonds. The minimum absolute atomic E-state index is 0.646. The molecule has 0 saturated carbocycles. The van der Waals surface area contributed by atoms with Gasteiger partial charge in [0.1, 0.15) is 0 Å². The summed E-state index contributed by atoms with van der Waals surface area (Å²) in [7, 11) is 2.17. The van der Waals surface area contributed by atoms with Crippen LogP contribution in [0, 0.1) is 0 Å². The van der Waals surface area contributed by atoms with Crippen molar-refractivity contribution >= 4 is 5.95 Å². The number of anilines is 1. The molecule has 92 valence electrons. The largest absolute Gasteiger partial charge is 0.354 e. The van der Waals surface area contributed by atoms with Crippen molar-refractivity contribution in [2.75, 3.05) is 25.5 Å². The molecule has 4 nitrogen and oxygen atoms in total. The van der Waals surface area contributed by atoms with E-state index in [9.17, 15) is 0 Å². The molecule has 0 spiro atoms. The Bertz CT molecular complexity index is 295. The Labute approximate surface area is 98.7 Å². The van der Waals surface area contributed by atoms with Crippen molar-refractivity contribution < 1.29 is 0 Å². The quantitative estimate of drug-likeness (QED) is 0.769. The molecule has 1 aromatic heterocycles. The molecule has 1 N–H and O–H groups in total. The van der Waals surface area contributed by atoms with Crippen LogP contribution in [0.15, 0.2) is 12.4 Å². The zero-order valence-electron chi connectivity index (χ0n) is 10.9. The highest BCUT2D eigenvalue weighted by molar-refractivity contribution is 5.25. The molecular formula is C12H24N4. The lowest BCUT2D eigenvalue weighted by atomic mass is 10.2. The van der Waals surface area contributed by atoms with Gasteiger partial charge in [0, 0.05) is 38.1 Å². The lowest BCUT2D eigenvalue weighted by molar-refractivity contribution is 0.261. The van der Waals surface area contributed by atoms with Gasteiger partial charge in [-0.3, -0.25) is 0 Å². The number of likely N-dealkylation sites (N-methyl/N-ethyl adjacent to an activating group) is 1. The number of nitrogens with zero attached hydrogens (tertiary/aromatic N) is 3. The maximum absolute atomic E-state index is 4.28. The molecular weight excluding hydrogens is 200 g/mol. The maximum atomic E-state index is 4.28. The summed E-state index contributed by atoms with van der Waals surface area (Å²) in [6, 6.07) is 0.646. The third-order valence-corrected chi connectivity index (χ3v) is 3.15. The van der Waals surface area contributed by atoms with Gasteiger partial charge >= 0.3 is 0 Å². The summed E-state index contributed by atoms with van der Waals surface area (Å²) >= 11 is 0. The molecule has 1 aromatic rings. The van der Waals surface area contributed by atoms with Gasteiger partial charge in [0.15, 0.2) is 0 Å². The fourth-order valence-corrected chi connectivity index (χ4v) is 1.61. The average molecular weight is 224 g/mol. The molecule has 1 unspecified atom stereocenters. The van der Waals surface area contributed by atoms with Crippen molar-refractivity contribution in [2.24, 2.45) is 0 Å². The van der Waals surface area contributed by atoms with Crippen molar-refractivity contribution in [3.63, 3.8) is 0 Å². The summed E-state index contributed by atoms with van der Waals surface area (Å²) in [4.78, 5) is 6.65. The average Bonchev–Trinajstić information content (AvgIpc) is 2.75. The monoisotopic (exact) mass is 224 g/mol. The lowest BCUT2D eigenvalue weighted by Gasteiger charge is -2.23. The molecule has 0 bridgehead atoms. The topological polar surface area (TPSA) is 33.1 Å². The smallest absolute Gasteiger partial charge is 0.202 e. The van der Waals surface area contributed by atoms with Gasteiger partial charge in [-0.25, -0.2) is 4.98 Å². The third-order valence-electron chi connectivity index (χ3n) is 3.15. The zero-order valence-corrected chi connectivity index (χ0v) is 10.9. The first-order chi connectivity index (χ1) is 7.69. The van der Waals surface area contributed by atoms with Crippen LogP contribution < -0.4 is 5.32 Å². The van der Waals surface area contributed by atoms with Crippen LogP contribution in [0.4, 0.5) is 5.95 Å². The Morgan fingerprint density at radius 3 is 2.88 bits per heavy atom. The zero-order chi connectivity index (χ0) is 12.0. The fourth-order valence-electron chi connectivity index (χ4n) is 1.61. The predicted molar refractivity (Wildman–Crippen MR) is 68.8 cm³/mol. The Morgan fingerprint density at radius 1 is 1.50 bits per heavy atom. The summed E-state index contributed by atoms with van der Waals surface area (Å²) in [5, 5.41) is 3.36. The van der Waals surface area contributed by atoms with E-state index in [4.69, 9.17) is 0 Å². The Kier molecular flexibility index (Phi) is 5.32. The van der Waals surface area contributed by atoms with E-state index in [0.29, 0.717) is 6.04 Å². The minimum atomic E-state index is 0.646. The molecule has 0 aliphatic carbocycles. The Balaban J connectivity index is 2.30. The van der Waals surface area contributed by atoms with Crippen molar-refractivity contribution in [3.8, 4) is 0 Å². The first-order valence-corrected chi connectivity index (χ1v) is 6.14. The van der Waals surface area contributed by atoms with Crippen LogP contribution in [-0.2, 0) is 6.54 Å². The molecule has 1 rings (SSSR count). The van der Waals surface area contributed by atoms with Gasteiger partial charge in [-0.2, -0.15) is 0 Å². The van der Waals surface area contributed by atoms with Gasteiger partial charge in [-0.15, -0.1) is 0 Å². The van der Waals surface area contributed by atoms with E-state index in [1.54, 1.807) is 0 Å². The van der Waals surface area contributed by atoms with E-state index in [0.717, 1.165) is 25.6 Å². The van der Waals surface area contributed by atoms with Crippen LogP contribution in [0.3, 0.4) is 0 Å². The van der Waals surface area contributed by atoms with Crippen LogP contribution in [-0.4, -0.2) is 40.6 Å². The molecule has 1 heterocycles. The second-order valence-corrected chi connectivity index (χ2v) is 4.20. The van der Waals surface area contributed by atoms with Gasteiger partial charge in [0.2, 0.25) is 5.95 Å². The lowest BCUT2D eigenvalue weighted by Crippen LogP contribution is -2.33. The number of imidazole rings is 1. The van der Waals surface area contributed by atoms with Gasteiger partial charge < -0.3 is 14.8 Å². The summed E-state index contributed by atoms with van der Waals surface area (Å²) in [6.07, 6.45) is 5.03. The Hall–Kier alpha value is -1.03. The minimum Gasteiger partial charge on any atom is -0.354 e. The number of rotatable bonds is 7. The third kappa shape index (κ3) is 3.52. The number of hydrogen-bond donors (Lipinski definition) is 1. The summed E-state index contributed by atoms with van der Waals surface area (Å²) in [6.45, 7) is 9.55. The van der Waals surface area contributed by atoms with E-state index in [1.165, 1.54) is 6.42 Å². The normalized spacial score (nSPS) is 13.1. The fraction of sp³-hybridized carbons (Fsp3) is 0.750. The molecule has 0 aliphatic rings. The summed E-state index contributed by atoms with van der Waals surface area (Å²) < 4.78 is 2.11. The molecule has 4 heteroatoms. The van der Waals surface area contributed by atoms with Crippen LogP contribution in [0.1, 0.15) is 27.2 Å². The van der Waals surface area contributed by atoms with Crippen molar-refractivity contribution in [2.45, 2.75) is 39.8 Å². The molecule has 0 saturated heterocycles. The van der Waals surface area contributed by atoms with E-state index < -0.39 is 0 Å². The highest BCUT2D eigenvalue weighted by Gasteiger charge is 2.06. The van der Waals surface area contributed by atoms with Crippen LogP contribution in [0.25, 0.3) is 0 Å². The van der Waals surface area contributed by atoms with Crippen LogP contribution >= 0.6 is 0 Å². The standard InChI is InChI=1S/C12H24N4/c1-5-11(3)15(4)9-7-13-12-14-8-10-16(12)6-2/h8,10-11H,5-7,9H2,1-4H3,(H,13,14). The highest BCUT2D eigenvalue weighted by Crippen LogP contribution is 2.04. The highest BCUT2D eigenvalue weighted by atomic mass is 15.2. The number of aromatic nitrogens is 2. The summed E-state index contributed by atoms with van der Waals surface area (Å²) in [5.74, 6) is 0.972. The van der Waals surface area contributed by atoms with E-state index in [1.807, 2.05) is 12.4 Å².